The van der Waals surface area contributed by atoms with Crippen LogP contribution in [0.25, 0.3) is 0 Å². The summed E-state index contributed by atoms with van der Waals surface area (Å²) in [5.41, 5.74) is 0. The number of esters is 1. The summed E-state index contributed by atoms with van der Waals surface area (Å²) in [5.74, 6) is -0.945. The summed E-state index contributed by atoms with van der Waals surface area (Å²) in [6.07, 6.45) is -4.77. The number of cyclic esters (lactones) is 1. The first-order valence-electron chi connectivity index (χ1n) is 3.82. The van der Waals surface area contributed by atoms with Crippen LogP contribution in [0.15, 0.2) is 0 Å². The Morgan fingerprint density at radius 2 is 2.15 bits per heavy atom. The highest BCUT2D eigenvalue weighted by molar-refractivity contribution is 5.76. The molecule has 6 heteroatoms. The van der Waals surface area contributed by atoms with Crippen molar-refractivity contribution in [3.63, 3.8) is 0 Å². The zero-order valence-corrected chi connectivity index (χ0v) is 7.08. The highest BCUT2D eigenvalue weighted by Crippen LogP contribution is 2.18. The molecule has 0 aromatic heterocycles. The van der Waals surface area contributed by atoms with Gasteiger partial charge >= 0.3 is 5.97 Å². The van der Waals surface area contributed by atoms with E-state index in [0.29, 0.717) is 0 Å². The molecule has 0 saturated carbocycles. The van der Waals surface area contributed by atoms with Gasteiger partial charge in [-0.15, -0.1) is 0 Å². The van der Waals surface area contributed by atoms with Crippen molar-refractivity contribution in [1.82, 2.24) is 0 Å². The molecule has 1 heterocycles. The lowest BCUT2D eigenvalue weighted by Crippen LogP contribution is -2.57. The lowest BCUT2D eigenvalue weighted by atomic mass is 10.00. The van der Waals surface area contributed by atoms with E-state index in [4.69, 9.17) is 14.9 Å². The van der Waals surface area contributed by atoms with E-state index in [1.807, 2.05) is 0 Å². The van der Waals surface area contributed by atoms with Crippen molar-refractivity contribution < 1.29 is 29.6 Å². The van der Waals surface area contributed by atoms with Gasteiger partial charge in [-0.2, -0.15) is 0 Å². The largest absolute Gasteiger partial charge is 0.455 e. The molecule has 1 rings (SSSR count). The van der Waals surface area contributed by atoms with E-state index in [9.17, 15) is 9.90 Å². The lowest BCUT2D eigenvalue weighted by molar-refractivity contribution is -0.211. The van der Waals surface area contributed by atoms with Crippen molar-refractivity contribution >= 4 is 5.97 Å². The molecule has 0 bridgehead atoms. The van der Waals surface area contributed by atoms with E-state index in [-0.39, 0.29) is 0 Å². The Hall–Kier alpha value is -0.690. The SMILES string of the molecule is CO[C@@H]1[C@@H](O)[C@@H](O)C(=O)O[C@@H]1CO. The Balaban J connectivity index is 2.74. The summed E-state index contributed by atoms with van der Waals surface area (Å²) in [6, 6.07) is 0. The third-order valence-electron chi connectivity index (χ3n) is 1.99. The van der Waals surface area contributed by atoms with Crippen LogP contribution in [0.3, 0.4) is 0 Å². The van der Waals surface area contributed by atoms with Crippen LogP contribution in [0.1, 0.15) is 0 Å². The minimum Gasteiger partial charge on any atom is -0.455 e. The second-order valence-corrected chi connectivity index (χ2v) is 2.79. The van der Waals surface area contributed by atoms with Crippen LogP contribution in [-0.2, 0) is 14.3 Å². The molecule has 1 aliphatic heterocycles. The van der Waals surface area contributed by atoms with E-state index in [0.717, 1.165) is 0 Å². The molecule has 0 amide bonds. The number of ether oxygens (including phenoxy) is 2. The minimum atomic E-state index is -1.60. The molecule has 0 unspecified atom stereocenters. The fourth-order valence-corrected chi connectivity index (χ4v) is 1.26. The molecule has 6 nitrogen and oxygen atoms in total. The molecule has 4 atom stereocenters. The Kier molecular flexibility index (Phi) is 3.21. The number of methoxy groups -OCH3 is 1. The number of aliphatic hydroxyl groups excluding tert-OH is 3. The number of hydrogen-bond acceptors (Lipinski definition) is 6. The third kappa shape index (κ3) is 1.80. The van der Waals surface area contributed by atoms with Gasteiger partial charge < -0.3 is 24.8 Å². The number of carbonyl (C=O) groups is 1. The molecular formula is C7H12O6. The van der Waals surface area contributed by atoms with Gasteiger partial charge in [-0.05, 0) is 0 Å². The van der Waals surface area contributed by atoms with Crippen LogP contribution < -0.4 is 0 Å². The molecule has 1 saturated heterocycles. The average molecular weight is 192 g/mol. The maximum Gasteiger partial charge on any atom is 0.338 e. The minimum absolute atomic E-state index is 0.450. The lowest BCUT2D eigenvalue weighted by Gasteiger charge is -2.35. The van der Waals surface area contributed by atoms with Crippen molar-refractivity contribution in [3.8, 4) is 0 Å². The zero-order valence-electron chi connectivity index (χ0n) is 7.08. The number of hydrogen-bond donors (Lipinski definition) is 3. The smallest absolute Gasteiger partial charge is 0.338 e. The fourth-order valence-electron chi connectivity index (χ4n) is 1.26. The Morgan fingerprint density at radius 1 is 1.54 bits per heavy atom. The van der Waals surface area contributed by atoms with E-state index >= 15 is 0 Å². The van der Waals surface area contributed by atoms with E-state index < -0.39 is 37.0 Å². The molecule has 76 valence electrons. The topological polar surface area (TPSA) is 96.2 Å². The van der Waals surface area contributed by atoms with Crippen molar-refractivity contribution in [2.24, 2.45) is 0 Å². The van der Waals surface area contributed by atoms with E-state index in [1.54, 1.807) is 0 Å². The van der Waals surface area contributed by atoms with Crippen molar-refractivity contribution in [1.29, 1.82) is 0 Å². The summed E-state index contributed by atoms with van der Waals surface area (Å²) in [5, 5.41) is 27.2. The van der Waals surface area contributed by atoms with Crippen LogP contribution in [0.4, 0.5) is 0 Å². The standard InChI is InChI=1S/C7H12O6/c1-12-6-3(2-8)13-7(11)5(10)4(6)9/h3-6,8-10H,2H2,1H3/t3-,4+,5-,6+/m1/s1. The molecule has 0 radical (unpaired) electrons. The van der Waals surface area contributed by atoms with Gasteiger partial charge in [0.25, 0.3) is 0 Å². The Labute approximate surface area is 74.7 Å². The maximum absolute atomic E-state index is 10.8. The number of rotatable bonds is 2. The van der Waals surface area contributed by atoms with Gasteiger partial charge in [-0.3, -0.25) is 0 Å². The van der Waals surface area contributed by atoms with E-state index in [1.165, 1.54) is 7.11 Å². The summed E-state index contributed by atoms with van der Waals surface area (Å²) >= 11 is 0. The predicted molar refractivity (Wildman–Crippen MR) is 39.8 cm³/mol. The first-order chi connectivity index (χ1) is 6.11. The van der Waals surface area contributed by atoms with Gasteiger partial charge in [-0.25, -0.2) is 4.79 Å². The van der Waals surface area contributed by atoms with Gasteiger partial charge in [0.05, 0.1) is 6.61 Å². The summed E-state index contributed by atoms with van der Waals surface area (Å²) in [4.78, 5) is 10.8. The van der Waals surface area contributed by atoms with Crippen LogP contribution >= 0.6 is 0 Å². The normalized spacial score (nSPS) is 40.2. The van der Waals surface area contributed by atoms with Gasteiger partial charge in [0, 0.05) is 7.11 Å². The predicted octanol–water partition coefficient (Wildman–Crippen LogP) is -2.36. The first-order valence-corrected chi connectivity index (χ1v) is 3.82. The van der Waals surface area contributed by atoms with Crippen LogP contribution in [0, 0.1) is 0 Å². The Bertz CT molecular complexity index is 191. The second-order valence-electron chi connectivity index (χ2n) is 2.79. The van der Waals surface area contributed by atoms with Crippen molar-refractivity contribution in [3.05, 3.63) is 0 Å². The highest BCUT2D eigenvalue weighted by atomic mass is 16.6. The summed E-state index contributed by atoms with van der Waals surface area (Å²) in [6.45, 7) is -0.450. The molecule has 0 spiro atoms. The molecule has 0 aromatic carbocycles. The van der Waals surface area contributed by atoms with Crippen molar-refractivity contribution in [2.75, 3.05) is 13.7 Å². The molecule has 0 aromatic rings. The molecule has 1 aliphatic rings. The first kappa shape index (κ1) is 10.4. The maximum atomic E-state index is 10.8. The van der Waals surface area contributed by atoms with Gasteiger partial charge in [-0.1, -0.05) is 0 Å². The van der Waals surface area contributed by atoms with Gasteiger partial charge in [0.15, 0.2) is 12.2 Å². The molecule has 0 aliphatic carbocycles. The molecule has 3 N–H and O–H groups in total. The number of carbonyl (C=O) groups excluding carboxylic acids is 1. The second kappa shape index (κ2) is 4.01. The van der Waals surface area contributed by atoms with Gasteiger partial charge in [0.1, 0.15) is 12.2 Å². The summed E-state index contributed by atoms with van der Waals surface area (Å²) in [7, 11) is 1.29. The fraction of sp³-hybridized carbons (Fsp3) is 0.857. The van der Waals surface area contributed by atoms with Crippen LogP contribution in [-0.4, -0.2) is 59.4 Å². The molecule has 13 heavy (non-hydrogen) atoms. The molecule has 1 fully saturated rings. The quantitative estimate of drug-likeness (QED) is 0.423. The number of aliphatic hydroxyl groups is 3. The Morgan fingerprint density at radius 3 is 2.62 bits per heavy atom. The zero-order chi connectivity index (χ0) is 10.0. The van der Waals surface area contributed by atoms with Crippen molar-refractivity contribution in [2.45, 2.75) is 24.4 Å². The summed E-state index contributed by atoms with van der Waals surface area (Å²) < 4.78 is 9.38. The highest BCUT2D eigenvalue weighted by Gasteiger charge is 2.44. The molecular weight excluding hydrogens is 180 g/mol. The van der Waals surface area contributed by atoms with Crippen LogP contribution in [0.5, 0.6) is 0 Å². The van der Waals surface area contributed by atoms with Gasteiger partial charge in [0.2, 0.25) is 0 Å². The van der Waals surface area contributed by atoms with E-state index in [2.05, 4.69) is 4.74 Å². The third-order valence-corrected chi connectivity index (χ3v) is 1.99. The average Bonchev–Trinajstić information content (AvgIpc) is 2.13. The van der Waals surface area contributed by atoms with Crippen LogP contribution in [0.2, 0.25) is 0 Å². The monoisotopic (exact) mass is 192 g/mol.